The lowest BCUT2D eigenvalue weighted by molar-refractivity contribution is -0.125. The monoisotopic (exact) mass is 179 g/mol. The van der Waals surface area contributed by atoms with Crippen molar-refractivity contribution in [2.24, 2.45) is 16.8 Å². The Labute approximate surface area is 79.8 Å². The highest BCUT2D eigenvalue weighted by Gasteiger charge is 2.17. The van der Waals surface area contributed by atoms with Crippen LogP contribution < -0.4 is 0 Å². The van der Waals surface area contributed by atoms with Crippen molar-refractivity contribution < 1.29 is 4.79 Å². The molecule has 72 valence electrons. The lowest BCUT2D eigenvalue weighted by atomic mass is 9.93. The van der Waals surface area contributed by atoms with E-state index >= 15 is 0 Å². The van der Waals surface area contributed by atoms with E-state index in [9.17, 15) is 4.79 Å². The molecule has 0 radical (unpaired) electrons. The van der Waals surface area contributed by atoms with E-state index in [-0.39, 0.29) is 11.8 Å². The number of nitrogens with zero attached hydrogens (tertiary/aromatic N) is 1. The molecule has 0 spiro atoms. The van der Waals surface area contributed by atoms with Gasteiger partial charge in [0, 0.05) is 30.2 Å². The number of aliphatic imine (C=N–C) groups is 1. The molecular formula is C11H17NO. The smallest absolute Gasteiger partial charge is 0.138 e. The van der Waals surface area contributed by atoms with Crippen molar-refractivity contribution in [2.45, 2.75) is 33.6 Å². The molecule has 2 nitrogen and oxygen atoms in total. The molecule has 0 bridgehead atoms. The molecule has 0 aliphatic carbocycles. The summed E-state index contributed by atoms with van der Waals surface area (Å²) in [6.45, 7) is 5.88. The highest BCUT2D eigenvalue weighted by molar-refractivity contribution is 5.82. The van der Waals surface area contributed by atoms with Gasteiger partial charge in [-0.15, -0.1) is 0 Å². The molecule has 1 unspecified atom stereocenters. The van der Waals surface area contributed by atoms with Crippen LogP contribution in [0.2, 0.25) is 0 Å². The van der Waals surface area contributed by atoms with Gasteiger partial charge in [0.2, 0.25) is 0 Å². The van der Waals surface area contributed by atoms with Crippen molar-refractivity contribution in [3.63, 3.8) is 0 Å². The summed E-state index contributed by atoms with van der Waals surface area (Å²) in [6, 6.07) is 0. The van der Waals surface area contributed by atoms with Gasteiger partial charge in [-0.25, -0.2) is 0 Å². The van der Waals surface area contributed by atoms with Crippen molar-refractivity contribution in [1.82, 2.24) is 0 Å². The number of rotatable bonds is 4. The second kappa shape index (κ2) is 4.35. The summed E-state index contributed by atoms with van der Waals surface area (Å²) in [5.41, 5.74) is 1.07. The van der Waals surface area contributed by atoms with E-state index in [2.05, 4.69) is 11.1 Å². The fourth-order valence-electron chi connectivity index (χ4n) is 1.53. The molecule has 0 aromatic heterocycles. The summed E-state index contributed by atoms with van der Waals surface area (Å²) in [5.74, 6) is 0.588. The Morgan fingerprint density at radius 3 is 2.69 bits per heavy atom. The maximum absolute atomic E-state index is 11.6. The van der Waals surface area contributed by atoms with Crippen molar-refractivity contribution >= 4 is 12.0 Å². The van der Waals surface area contributed by atoms with Crippen LogP contribution in [-0.4, -0.2) is 12.0 Å². The van der Waals surface area contributed by atoms with Crippen molar-refractivity contribution in [2.75, 3.05) is 0 Å². The summed E-state index contributed by atoms with van der Waals surface area (Å²) < 4.78 is 0. The minimum Gasteiger partial charge on any atom is -0.299 e. The fourth-order valence-corrected chi connectivity index (χ4v) is 1.53. The maximum atomic E-state index is 11.6. The van der Waals surface area contributed by atoms with Gasteiger partial charge in [0.25, 0.3) is 0 Å². The first kappa shape index (κ1) is 10.2. The number of carbonyl (C=O) groups is 1. The lowest BCUT2D eigenvalue weighted by Gasteiger charge is -2.11. The molecule has 0 aromatic carbocycles. The SMILES string of the molecule is CC(C)C(=O)C(C)CC1=CCC=N1. The van der Waals surface area contributed by atoms with Crippen LogP contribution in [0.3, 0.4) is 0 Å². The average Bonchev–Trinajstić information content (AvgIpc) is 2.55. The number of hydrogen-bond donors (Lipinski definition) is 0. The molecule has 2 heteroatoms. The Morgan fingerprint density at radius 1 is 1.54 bits per heavy atom. The van der Waals surface area contributed by atoms with Crippen LogP contribution in [-0.2, 0) is 4.79 Å². The number of allylic oxidation sites excluding steroid dienone is 2. The van der Waals surface area contributed by atoms with Gasteiger partial charge in [0.15, 0.2) is 0 Å². The normalized spacial score (nSPS) is 17.7. The van der Waals surface area contributed by atoms with Crippen LogP contribution in [0.1, 0.15) is 33.6 Å². The molecule has 1 aliphatic rings. The third-order valence-corrected chi connectivity index (χ3v) is 2.29. The summed E-state index contributed by atoms with van der Waals surface area (Å²) in [5, 5.41) is 0. The van der Waals surface area contributed by atoms with Crippen LogP contribution in [0.5, 0.6) is 0 Å². The largest absolute Gasteiger partial charge is 0.299 e. The Balaban J connectivity index is 2.45. The molecule has 0 saturated heterocycles. The zero-order chi connectivity index (χ0) is 9.84. The summed E-state index contributed by atoms with van der Waals surface area (Å²) in [6.07, 6.45) is 5.71. The predicted molar refractivity (Wildman–Crippen MR) is 54.8 cm³/mol. The van der Waals surface area contributed by atoms with Gasteiger partial charge in [-0.3, -0.25) is 9.79 Å². The van der Waals surface area contributed by atoms with Crippen molar-refractivity contribution in [3.8, 4) is 0 Å². The molecule has 13 heavy (non-hydrogen) atoms. The zero-order valence-corrected chi connectivity index (χ0v) is 8.58. The minimum absolute atomic E-state index is 0.112. The molecule has 1 aliphatic heterocycles. The summed E-state index contributed by atoms with van der Waals surface area (Å²) in [4.78, 5) is 15.8. The van der Waals surface area contributed by atoms with Crippen LogP contribution >= 0.6 is 0 Å². The van der Waals surface area contributed by atoms with E-state index in [1.54, 1.807) is 0 Å². The second-order valence-corrected chi connectivity index (χ2v) is 3.91. The number of carbonyl (C=O) groups excluding carboxylic acids is 1. The van der Waals surface area contributed by atoms with Gasteiger partial charge in [0.05, 0.1) is 0 Å². The molecule has 0 aromatic rings. The first-order valence-corrected chi connectivity index (χ1v) is 4.86. The second-order valence-electron chi connectivity index (χ2n) is 3.91. The molecule has 0 fully saturated rings. The standard InChI is InChI=1S/C11H17NO/c1-8(2)11(13)9(3)7-10-5-4-6-12-10/h5-6,8-9H,4,7H2,1-3H3. The number of ketones is 1. The van der Waals surface area contributed by atoms with Gasteiger partial charge in [0.1, 0.15) is 5.78 Å². The molecule has 1 heterocycles. The molecule has 0 N–H and O–H groups in total. The number of hydrogen-bond acceptors (Lipinski definition) is 2. The first-order chi connectivity index (χ1) is 6.11. The topological polar surface area (TPSA) is 29.4 Å². The van der Waals surface area contributed by atoms with E-state index in [0.717, 1.165) is 18.5 Å². The van der Waals surface area contributed by atoms with Gasteiger partial charge in [-0.2, -0.15) is 0 Å². The Bertz CT molecular complexity index is 251. The van der Waals surface area contributed by atoms with Crippen LogP contribution in [0.15, 0.2) is 16.8 Å². The minimum atomic E-state index is 0.112. The Kier molecular flexibility index (Phi) is 3.40. The predicted octanol–water partition coefficient (Wildman–Crippen LogP) is 2.60. The molecule has 1 atom stereocenters. The average molecular weight is 179 g/mol. The van der Waals surface area contributed by atoms with E-state index < -0.39 is 0 Å². The van der Waals surface area contributed by atoms with Crippen LogP contribution in [0, 0.1) is 11.8 Å². The van der Waals surface area contributed by atoms with Crippen molar-refractivity contribution in [1.29, 1.82) is 0 Å². The Morgan fingerprint density at radius 2 is 2.23 bits per heavy atom. The van der Waals surface area contributed by atoms with Gasteiger partial charge >= 0.3 is 0 Å². The van der Waals surface area contributed by atoms with E-state index in [1.165, 1.54) is 0 Å². The molecular weight excluding hydrogens is 162 g/mol. The maximum Gasteiger partial charge on any atom is 0.138 e. The van der Waals surface area contributed by atoms with Gasteiger partial charge in [-0.1, -0.05) is 26.8 Å². The van der Waals surface area contributed by atoms with Crippen molar-refractivity contribution in [3.05, 3.63) is 11.8 Å². The highest BCUT2D eigenvalue weighted by atomic mass is 16.1. The quantitative estimate of drug-likeness (QED) is 0.652. The van der Waals surface area contributed by atoms with E-state index in [1.807, 2.05) is 27.0 Å². The zero-order valence-electron chi connectivity index (χ0n) is 8.58. The third-order valence-electron chi connectivity index (χ3n) is 2.29. The van der Waals surface area contributed by atoms with Crippen LogP contribution in [0.4, 0.5) is 0 Å². The lowest BCUT2D eigenvalue weighted by Crippen LogP contribution is -2.17. The first-order valence-electron chi connectivity index (χ1n) is 4.86. The third kappa shape index (κ3) is 2.79. The van der Waals surface area contributed by atoms with Gasteiger partial charge < -0.3 is 0 Å². The summed E-state index contributed by atoms with van der Waals surface area (Å²) >= 11 is 0. The number of Topliss-reactive ketones (excluding diaryl/α,β-unsaturated/α-hetero) is 1. The van der Waals surface area contributed by atoms with E-state index in [4.69, 9.17) is 0 Å². The van der Waals surface area contributed by atoms with E-state index in [0.29, 0.717) is 5.78 Å². The molecule has 0 saturated carbocycles. The molecule has 1 rings (SSSR count). The fraction of sp³-hybridized carbons (Fsp3) is 0.636. The van der Waals surface area contributed by atoms with Gasteiger partial charge in [-0.05, 0) is 6.42 Å². The molecule has 0 amide bonds. The highest BCUT2D eigenvalue weighted by Crippen LogP contribution is 2.19. The summed E-state index contributed by atoms with van der Waals surface area (Å²) in [7, 11) is 0. The Hall–Kier alpha value is -0.920. The van der Waals surface area contributed by atoms with Crippen LogP contribution in [0.25, 0.3) is 0 Å².